The normalized spacial score (nSPS) is 13.6. The summed E-state index contributed by atoms with van der Waals surface area (Å²) in [5, 5.41) is 6.12. The molecule has 0 bridgehead atoms. The minimum absolute atomic E-state index is 0.0337. The van der Waals surface area contributed by atoms with Crippen molar-refractivity contribution in [1.29, 1.82) is 0 Å². The van der Waals surface area contributed by atoms with Crippen LogP contribution in [0.4, 0.5) is 17.6 Å². The average Bonchev–Trinajstić information content (AvgIpc) is 2.70. The highest BCUT2D eigenvalue weighted by Gasteiger charge is 2.08. The van der Waals surface area contributed by atoms with Crippen LogP contribution < -0.4 is 16.4 Å². The number of allylic oxidation sites excluding steroid dienone is 1. The van der Waals surface area contributed by atoms with E-state index in [2.05, 4.69) is 31.7 Å². The zero-order valence-corrected chi connectivity index (χ0v) is 17.6. The van der Waals surface area contributed by atoms with Crippen LogP contribution in [0, 0.1) is 6.92 Å². The predicted octanol–water partition coefficient (Wildman–Crippen LogP) is 3.75. The van der Waals surface area contributed by atoms with E-state index < -0.39 is 0 Å². The minimum Gasteiger partial charge on any atom is -0.368 e. The number of hydrogen-bond acceptors (Lipinski definition) is 7. The number of benzene rings is 1. The monoisotopic (exact) mass is 412 g/mol. The van der Waals surface area contributed by atoms with Crippen molar-refractivity contribution in [2.24, 2.45) is 0 Å². The maximum absolute atomic E-state index is 12.0. The lowest BCUT2D eigenvalue weighted by Gasteiger charge is -2.12. The number of carbonyl (C=O) groups is 1. The van der Waals surface area contributed by atoms with Crippen molar-refractivity contribution < 1.29 is 4.79 Å². The van der Waals surface area contributed by atoms with Crippen LogP contribution in [0.3, 0.4) is 0 Å². The Labute approximate surface area is 176 Å². The van der Waals surface area contributed by atoms with Gasteiger partial charge in [-0.3, -0.25) is 4.79 Å². The number of rotatable bonds is 9. The molecule has 29 heavy (non-hydrogen) atoms. The first-order chi connectivity index (χ1) is 14.1. The molecule has 1 aromatic heterocycles. The SMILES string of the molecule is Cc1ccc(Nc2nc(N)nc(CSCC(=O)NCCC3=CCCCC3)n2)cc1. The van der Waals surface area contributed by atoms with Crippen LogP contribution in [0.25, 0.3) is 0 Å². The van der Waals surface area contributed by atoms with E-state index in [1.54, 1.807) is 0 Å². The van der Waals surface area contributed by atoms with Gasteiger partial charge in [0.1, 0.15) is 5.82 Å². The molecule has 0 fully saturated rings. The second kappa shape index (κ2) is 10.8. The molecule has 7 nitrogen and oxygen atoms in total. The topological polar surface area (TPSA) is 106 Å². The van der Waals surface area contributed by atoms with Crippen LogP contribution in [0.15, 0.2) is 35.9 Å². The quantitative estimate of drug-likeness (QED) is 0.539. The molecule has 0 aliphatic heterocycles. The number of anilines is 3. The smallest absolute Gasteiger partial charge is 0.232 e. The van der Waals surface area contributed by atoms with E-state index in [1.165, 1.54) is 48.6 Å². The van der Waals surface area contributed by atoms with Gasteiger partial charge < -0.3 is 16.4 Å². The molecular weight excluding hydrogens is 384 g/mol. The third kappa shape index (κ3) is 7.38. The van der Waals surface area contributed by atoms with Gasteiger partial charge in [-0.1, -0.05) is 29.3 Å². The van der Waals surface area contributed by atoms with Gasteiger partial charge in [-0.05, 0) is 51.2 Å². The summed E-state index contributed by atoms with van der Waals surface area (Å²) in [5.41, 5.74) is 9.34. The second-order valence-corrected chi connectivity index (χ2v) is 8.11. The summed E-state index contributed by atoms with van der Waals surface area (Å²) < 4.78 is 0. The lowest BCUT2D eigenvalue weighted by Crippen LogP contribution is -2.26. The molecule has 8 heteroatoms. The van der Waals surface area contributed by atoms with E-state index in [4.69, 9.17) is 5.73 Å². The van der Waals surface area contributed by atoms with E-state index in [9.17, 15) is 4.79 Å². The number of carbonyl (C=O) groups excluding carboxylic acids is 1. The van der Waals surface area contributed by atoms with Gasteiger partial charge >= 0.3 is 0 Å². The third-order valence-corrected chi connectivity index (χ3v) is 5.55. The Balaban J connectivity index is 1.42. The highest BCUT2D eigenvalue weighted by Crippen LogP contribution is 2.19. The number of nitrogens with two attached hydrogens (primary N) is 1. The van der Waals surface area contributed by atoms with Crippen molar-refractivity contribution in [1.82, 2.24) is 20.3 Å². The standard InChI is InChI=1S/C21H28N6OS/c1-15-7-9-17(10-8-15)24-21-26-18(25-20(22)27-21)13-29-14-19(28)23-12-11-16-5-3-2-4-6-16/h5,7-10H,2-4,6,11-14H2,1H3,(H,23,28)(H3,22,24,25,26,27). The van der Waals surface area contributed by atoms with Gasteiger partial charge in [0.15, 0.2) is 0 Å². The van der Waals surface area contributed by atoms with Crippen molar-refractivity contribution >= 4 is 35.3 Å². The van der Waals surface area contributed by atoms with Gasteiger partial charge in [-0.15, -0.1) is 11.8 Å². The molecule has 3 rings (SSSR count). The molecule has 0 spiro atoms. The predicted molar refractivity (Wildman–Crippen MR) is 119 cm³/mol. The molecule has 0 saturated carbocycles. The maximum Gasteiger partial charge on any atom is 0.232 e. The Morgan fingerprint density at radius 3 is 2.76 bits per heavy atom. The number of nitrogens with zero attached hydrogens (tertiary/aromatic N) is 3. The van der Waals surface area contributed by atoms with Crippen molar-refractivity contribution in [3.8, 4) is 0 Å². The zero-order valence-electron chi connectivity index (χ0n) is 16.8. The Kier molecular flexibility index (Phi) is 7.86. The first kappa shape index (κ1) is 21.1. The molecule has 0 atom stereocenters. The fourth-order valence-corrected chi connectivity index (χ4v) is 3.81. The average molecular weight is 413 g/mol. The van der Waals surface area contributed by atoms with Crippen LogP contribution in [0.5, 0.6) is 0 Å². The Hall–Kier alpha value is -2.61. The van der Waals surface area contributed by atoms with Gasteiger partial charge in [-0.25, -0.2) is 0 Å². The molecule has 0 saturated heterocycles. The Bertz CT molecular complexity index is 853. The lowest BCUT2D eigenvalue weighted by molar-refractivity contribution is -0.118. The number of hydrogen-bond donors (Lipinski definition) is 3. The molecule has 0 radical (unpaired) electrons. The second-order valence-electron chi connectivity index (χ2n) is 7.13. The minimum atomic E-state index is 0.0337. The van der Waals surface area contributed by atoms with Gasteiger partial charge in [-0.2, -0.15) is 15.0 Å². The van der Waals surface area contributed by atoms with Crippen molar-refractivity contribution in [2.75, 3.05) is 23.3 Å². The van der Waals surface area contributed by atoms with E-state index in [-0.39, 0.29) is 11.9 Å². The first-order valence-electron chi connectivity index (χ1n) is 9.95. The molecule has 154 valence electrons. The summed E-state index contributed by atoms with van der Waals surface area (Å²) in [5.74, 6) is 2.01. The van der Waals surface area contributed by atoms with E-state index in [0.29, 0.717) is 29.8 Å². The van der Waals surface area contributed by atoms with Crippen molar-refractivity contribution in [3.63, 3.8) is 0 Å². The summed E-state index contributed by atoms with van der Waals surface area (Å²) in [4.78, 5) is 24.7. The van der Waals surface area contributed by atoms with Gasteiger partial charge in [0, 0.05) is 12.2 Å². The summed E-state index contributed by atoms with van der Waals surface area (Å²) >= 11 is 1.46. The number of nitrogen functional groups attached to an aromatic ring is 1. The number of aromatic nitrogens is 3. The van der Waals surface area contributed by atoms with Crippen LogP contribution in [-0.2, 0) is 10.5 Å². The fourth-order valence-electron chi connectivity index (χ4n) is 3.10. The molecule has 1 heterocycles. The highest BCUT2D eigenvalue weighted by molar-refractivity contribution is 7.99. The van der Waals surface area contributed by atoms with Crippen LogP contribution >= 0.6 is 11.8 Å². The summed E-state index contributed by atoms with van der Waals surface area (Å²) in [6, 6.07) is 7.93. The van der Waals surface area contributed by atoms with Crippen LogP contribution in [-0.4, -0.2) is 33.2 Å². The first-order valence-corrected chi connectivity index (χ1v) is 11.1. The molecule has 1 aromatic carbocycles. The van der Waals surface area contributed by atoms with Crippen LogP contribution in [0.2, 0.25) is 0 Å². The summed E-state index contributed by atoms with van der Waals surface area (Å²) in [6.07, 6.45) is 8.17. The summed E-state index contributed by atoms with van der Waals surface area (Å²) in [7, 11) is 0. The Morgan fingerprint density at radius 2 is 2.00 bits per heavy atom. The number of thioether (sulfide) groups is 1. The molecule has 1 aliphatic rings. The van der Waals surface area contributed by atoms with Crippen molar-refractivity contribution in [2.45, 2.75) is 44.8 Å². The maximum atomic E-state index is 12.0. The van der Waals surface area contributed by atoms with E-state index in [1.807, 2.05) is 31.2 Å². The number of aryl methyl sites for hydroxylation is 1. The largest absolute Gasteiger partial charge is 0.368 e. The lowest BCUT2D eigenvalue weighted by atomic mass is 9.97. The molecule has 2 aromatic rings. The Morgan fingerprint density at radius 1 is 1.17 bits per heavy atom. The van der Waals surface area contributed by atoms with E-state index in [0.717, 1.165) is 12.1 Å². The van der Waals surface area contributed by atoms with Gasteiger partial charge in [0.2, 0.25) is 17.8 Å². The molecule has 1 aliphatic carbocycles. The van der Waals surface area contributed by atoms with E-state index >= 15 is 0 Å². The molecule has 1 amide bonds. The zero-order chi connectivity index (χ0) is 20.5. The van der Waals surface area contributed by atoms with Gasteiger partial charge in [0.05, 0.1) is 11.5 Å². The molecule has 4 N–H and O–H groups in total. The fraction of sp³-hybridized carbons (Fsp3) is 0.429. The number of amides is 1. The molecular formula is C21H28N6OS. The number of nitrogens with one attached hydrogen (secondary N) is 2. The molecule has 0 unspecified atom stereocenters. The van der Waals surface area contributed by atoms with Gasteiger partial charge in [0.25, 0.3) is 0 Å². The summed E-state index contributed by atoms with van der Waals surface area (Å²) in [6.45, 7) is 2.73. The van der Waals surface area contributed by atoms with Crippen molar-refractivity contribution in [3.05, 3.63) is 47.3 Å². The third-order valence-electron chi connectivity index (χ3n) is 4.62. The highest BCUT2D eigenvalue weighted by atomic mass is 32.2. The van der Waals surface area contributed by atoms with Crippen LogP contribution in [0.1, 0.15) is 43.5 Å².